The van der Waals surface area contributed by atoms with Gasteiger partial charge in [0, 0.05) is 4.47 Å². The number of nitrogens with one attached hydrogen (secondary N) is 2. The zero-order chi connectivity index (χ0) is 14.8. The Bertz CT molecular complexity index is 495. The fourth-order valence-electron chi connectivity index (χ4n) is 2.55. The molecule has 1 aromatic carbocycles. The molecular formula is C14H17BrClFN2O. The number of halogens is 3. The maximum absolute atomic E-state index is 13.2. The number of benzene rings is 1. The van der Waals surface area contributed by atoms with Crippen molar-refractivity contribution in [3.63, 3.8) is 0 Å². The van der Waals surface area contributed by atoms with Gasteiger partial charge in [-0.3, -0.25) is 4.79 Å². The number of carbonyl (C=O) groups excluding carboxylic acids is 1. The number of rotatable bonds is 3. The summed E-state index contributed by atoms with van der Waals surface area (Å²) >= 11 is 9.25. The third-order valence-electron chi connectivity index (χ3n) is 3.96. The van der Waals surface area contributed by atoms with Crippen LogP contribution in [0.25, 0.3) is 0 Å². The lowest BCUT2D eigenvalue weighted by molar-refractivity contribution is -0.127. The van der Waals surface area contributed by atoms with Gasteiger partial charge >= 0.3 is 0 Å². The van der Waals surface area contributed by atoms with Gasteiger partial charge in [0.15, 0.2) is 0 Å². The van der Waals surface area contributed by atoms with Crippen LogP contribution < -0.4 is 10.6 Å². The van der Waals surface area contributed by atoms with E-state index < -0.39 is 5.82 Å². The van der Waals surface area contributed by atoms with Gasteiger partial charge in [-0.1, -0.05) is 18.5 Å². The van der Waals surface area contributed by atoms with Crippen LogP contribution in [0.1, 0.15) is 26.2 Å². The third kappa shape index (κ3) is 3.15. The van der Waals surface area contributed by atoms with E-state index in [2.05, 4.69) is 26.6 Å². The first kappa shape index (κ1) is 15.7. The summed E-state index contributed by atoms with van der Waals surface area (Å²) in [6.07, 6.45) is 2.37. The van der Waals surface area contributed by atoms with Crippen LogP contribution >= 0.6 is 27.5 Å². The summed E-state index contributed by atoms with van der Waals surface area (Å²) in [5.74, 6) is -0.484. The Kier molecular flexibility index (Phi) is 5.04. The summed E-state index contributed by atoms with van der Waals surface area (Å²) in [5.41, 5.74) is 0.0620. The molecular weight excluding hydrogens is 347 g/mol. The number of amides is 1. The van der Waals surface area contributed by atoms with Crippen LogP contribution in [0.2, 0.25) is 5.02 Å². The highest BCUT2D eigenvalue weighted by molar-refractivity contribution is 9.10. The maximum Gasteiger partial charge on any atom is 0.230 e. The summed E-state index contributed by atoms with van der Waals surface area (Å²) in [7, 11) is 0. The number of anilines is 1. The molecule has 1 aromatic rings. The highest BCUT2D eigenvalue weighted by Gasteiger charge is 2.38. The molecule has 3 nitrogen and oxygen atoms in total. The molecule has 0 radical (unpaired) electrons. The van der Waals surface area contributed by atoms with Crippen molar-refractivity contribution in [3.8, 4) is 0 Å². The minimum absolute atomic E-state index is 0.0456. The molecule has 110 valence electrons. The first-order valence-corrected chi connectivity index (χ1v) is 7.82. The summed E-state index contributed by atoms with van der Waals surface area (Å²) in [4.78, 5) is 12.6. The SMILES string of the molecule is CCC1(C(=O)Nc2c(Cl)cc(F)cc2Br)CCNCC1. The quantitative estimate of drug-likeness (QED) is 0.853. The molecule has 2 N–H and O–H groups in total. The minimum Gasteiger partial charge on any atom is -0.323 e. The highest BCUT2D eigenvalue weighted by atomic mass is 79.9. The Morgan fingerprint density at radius 1 is 1.50 bits per heavy atom. The predicted octanol–water partition coefficient (Wildman–Crippen LogP) is 3.96. The zero-order valence-electron chi connectivity index (χ0n) is 11.2. The molecule has 0 unspecified atom stereocenters. The van der Waals surface area contributed by atoms with Crippen molar-refractivity contribution in [1.82, 2.24) is 5.32 Å². The van der Waals surface area contributed by atoms with E-state index in [1.165, 1.54) is 12.1 Å². The van der Waals surface area contributed by atoms with Crippen molar-refractivity contribution in [2.75, 3.05) is 18.4 Å². The third-order valence-corrected chi connectivity index (χ3v) is 4.89. The van der Waals surface area contributed by atoms with Crippen molar-refractivity contribution in [2.24, 2.45) is 5.41 Å². The molecule has 0 bridgehead atoms. The van der Waals surface area contributed by atoms with Crippen LogP contribution in [0.15, 0.2) is 16.6 Å². The Morgan fingerprint density at radius 2 is 2.15 bits per heavy atom. The van der Waals surface area contributed by atoms with E-state index in [1.807, 2.05) is 6.92 Å². The Labute approximate surface area is 131 Å². The smallest absolute Gasteiger partial charge is 0.230 e. The lowest BCUT2D eigenvalue weighted by atomic mass is 9.76. The van der Waals surface area contributed by atoms with Gasteiger partial charge in [0.1, 0.15) is 5.82 Å². The van der Waals surface area contributed by atoms with Crippen molar-refractivity contribution >= 4 is 39.1 Å². The molecule has 1 fully saturated rings. The molecule has 1 saturated heterocycles. The van der Waals surface area contributed by atoms with Crippen LogP contribution in [-0.4, -0.2) is 19.0 Å². The second-order valence-electron chi connectivity index (χ2n) is 5.08. The number of piperidine rings is 1. The Hall–Kier alpha value is -0.650. The number of carbonyl (C=O) groups is 1. The van der Waals surface area contributed by atoms with Gasteiger partial charge in [0.2, 0.25) is 5.91 Å². The molecule has 20 heavy (non-hydrogen) atoms. The molecule has 0 aliphatic carbocycles. The van der Waals surface area contributed by atoms with Crippen LogP contribution in [0, 0.1) is 11.2 Å². The fourth-order valence-corrected chi connectivity index (χ4v) is 3.45. The van der Waals surface area contributed by atoms with Crippen molar-refractivity contribution in [2.45, 2.75) is 26.2 Å². The van der Waals surface area contributed by atoms with Gasteiger partial charge < -0.3 is 10.6 Å². The van der Waals surface area contributed by atoms with Crippen LogP contribution in [0.4, 0.5) is 10.1 Å². The summed E-state index contributed by atoms with van der Waals surface area (Å²) in [5, 5.41) is 6.31. The van der Waals surface area contributed by atoms with E-state index >= 15 is 0 Å². The lowest BCUT2D eigenvalue weighted by Gasteiger charge is -2.35. The van der Waals surface area contributed by atoms with E-state index in [0.717, 1.165) is 32.4 Å². The maximum atomic E-state index is 13.2. The predicted molar refractivity (Wildman–Crippen MR) is 82.6 cm³/mol. The van der Waals surface area contributed by atoms with E-state index in [1.54, 1.807) is 0 Å². The van der Waals surface area contributed by atoms with Gasteiger partial charge in [0.25, 0.3) is 0 Å². The van der Waals surface area contributed by atoms with E-state index in [4.69, 9.17) is 11.6 Å². The Morgan fingerprint density at radius 3 is 2.70 bits per heavy atom. The summed E-state index contributed by atoms with van der Waals surface area (Å²) in [6.45, 7) is 3.69. The molecule has 6 heteroatoms. The van der Waals surface area contributed by atoms with Crippen molar-refractivity contribution in [1.29, 1.82) is 0 Å². The van der Waals surface area contributed by atoms with Gasteiger partial charge in [-0.2, -0.15) is 0 Å². The van der Waals surface area contributed by atoms with Crippen LogP contribution in [0.5, 0.6) is 0 Å². The minimum atomic E-state index is -0.438. The fraction of sp³-hybridized carbons (Fsp3) is 0.500. The Balaban J connectivity index is 2.23. The van der Waals surface area contributed by atoms with Crippen molar-refractivity contribution < 1.29 is 9.18 Å². The second-order valence-corrected chi connectivity index (χ2v) is 6.34. The first-order valence-electron chi connectivity index (χ1n) is 6.65. The van der Waals surface area contributed by atoms with Gasteiger partial charge in [0.05, 0.1) is 16.1 Å². The molecule has 2 rings (SSSR count). The average molecular weight is 364 g/mol. The molecule has 0 spiro atoms. The highest BCUT2D eigenvalue weighted by Crippen LogP contribution is 2.37. The largest absolute Gasteiger partial charge is 0.323 e. The first-order chi connectivity index (χ1) is 9.48. The topological polar surface area (TPSA) is 41.1 Å². The molecule has 1 amide bonds. The lowest BCUT2D eigenvalue weighted by Crippen LogP contribution is -2.44. The van der Waals surface area contributed by atoms with Crippen LogP contribution in [-0.2, 0) is 4.79 Å². The second kappa shape index (κ2) is 6.41. The normalized spacial score (nSPS) is 17.8. The average Bonchev–Trinajstić information content (AvgIpc) is 2.43. The molecule has 0 saturated carbocycles. The van der Waals surface area contributed by atoms with E-state index in [-0.39, 0.29) is 16.3 Å². The zero-order valence-corrected chi connectivity index (χ0v) is 13.6. The molecule has 1 heterocycles. The molecule has 1 aliphatic rings. The summed E-state index contributed by atoms with van der Waals surface area (Å²) in [6, 6.07) is 2.49. The van der Waals surface area contributed by atoms with Gasteiger partial charge in [-0.05, 0) is 60.4 Å². The van der Waals surface area contributed by atoms with Crippen LogP contribution in [0.3, 0.4) is 0 Å². The van der Waals surface area contributed by atoms with E-state index in [9.17, 15) is 9.18 Å². The van der Waals surface area contributed by atoms with Gasteiger partial charge in [-0.15, -0.1) is 0 Å². The standard InChI is InChI=1S/C14H17BrClFN2O/c1-2-14(3-5-18-6-4-14)13(20)19-12-10(15)7-9(17)8-11(12)16/h7-8,18H,2-6H2,1H3,(H,19,20). The summed E-state index contributed by atoms with van der Waals surface area (Å²) < 4.78 is 13.7. The number of hydrogen-bond acceptors (Lipinski definition) is 2. The van der Waals surface area contributed by atoms with Gasteiger partial charge in [-0.25, -0.2) is 4.39 Å². The van der Waals surface area contributed by atoms with E-state index in [0.29, 0.717) is 10.2 Å². The molecule has 0 aromatic heterocycles. The monoisotopic (exact) mass is 362 g/mol. The molecule has 0 atom stereocenters. The molecule has 1 aliphatic heterocycles. The number of hydrogen-bond donors (Lipinski definition) is 2. The van der Waals surface area contributed by atoms with Crippen molar-refractivity contribution in [3.05, 3.63) is 27.4 Å².